The number of halogens is 1. The van der Waals surface area contributed by atoms with E-state index in [9.17, 15) is 19.7 Å². The van der Waals surface area contributed by atoms with Gasteiger partial charge in [-0.3, -0.25) is 19.7 Å². The van der Waals surface area contributed by atoms with Gasteiger partial charge in [0.25, 0.3) is 17.5 Å². The van der Waals surface area contributed by atoms with Crippen LogP contribution in [0.15, 0.2) is 42.5 Å². The molecule has 1 unspecified atom stereocenters. The van der Waals surface area contributed by atoms with Crippen molar-refractivity contribution in [3.63, 3.8) is 0 Å². The molecule has 0 bridgehead atoms. The lowest BCUT2D eigenvalue weighted by Crippen LogP contribution is -3.11. The Morgan fingerprint density at radius 2 is 1.67 bits per heavy atom. The maximum atomic E-state index is 12.1. The SMILES string of the molecule is Cc1ccc(NC(=O)C[NH+](C)CC(=O)Nc2ccc(Cl)cc2[N+](=O)[O-])cc1. The molecule has 1 atom stereocenters. The van der Waals surface area contributed by atoms with Gasteiger partial charge in [0.1, 0.15) is 5.69 Å². The van der Waals surface area contributed by atoms with Crippen LogP contribution in [0.4, 0.5) is 17.1 Å². The molecule has 0 aliphatic heterocycles. The van der Waals surface area contributed by atoms with Crippen molar-refractivity contribution in [2.45, 2.75) is 6.92 Å². The van der Waals surface area contributed by atoms with Crippen molar-refractivity contribution in [1.29, 1.82) is 0 Å². The van der Waals surface area contributed by atoms with Gasteiger partial charge in [0.15, 0.2) is 13.1 Å². The van der Waals surface area contributed by atoms with Gasteiger partial charge in [-0.1, -0.05) is 29.3 Å². The lowest BCUT2D eigenvalue weighted by molar-refractivity contribution is -0.862. The van der Waals surface area contributed by atoms with Gasteiger partial charge in [-0.2, -0.15) is 0 Å². The number of nitro groups is 1. The highest BCUT2D eigenvalue weighted by molar-refractivity contribution is 6.31. The number of nitrogens with one attached hydrogen (secondary N) is 3. The van der Waals surface area contributed by atoms with Crippen LogP contribution >= 0.6 is 11.6 Å². The molecule has 142 valence electrons. The number of rotatable bonds is 7. The Kier molecular flexibility index (Phi) is 6.86. The molecule has 2 rings (SSSR count). The minimum atomic E-state index is -0.618. The normalized spacial score (nSPS) is 11.5. The second-order valence-corrected chi connectivity index (χ2v) is 6.63. The van der Waals surface area contributed by atoms with E-state index in [0.29, 0.717) is 10.6 Å². The zero-order chi connectivity index (χ0) is 20.0. The van der Waals surface area contributed by atoms with Crippen molar-refractivity contribution in [2.24, 2.45) is 0 Å². The van der Waals surface area contributed by atoms with Crippen molar-refractivity contribution in [3.8, 4) is 0 Å². The Morgan fingerprint density at radius 1 is 1.07 bits per heavy atom. The van der Waals surface area contributed by atoms with Gasteiger partial charge in [0.05, 0.1) is 12.0 Å². The summed E-state index contributed by atoms with van der Waals surface area (Å²) in [7, 11) is 1.69. The molecule has 0 aromatic heterocycles. The van der Waals surface area contributed by atoms with E-state index in [0.717, 1.165) is 5.56 Å². The molecule has 2 aromatic rings. The minimum absolute atomic E-state index is 0.0267. The van der Waals surface area contributed by atoms with E-state index >= 15 is 0 Å². The number of hydrogen-bond donors (Lipinski definition) is 3. The first-order valence-electron chi connectivity index (χ1n) is 8.16. The van der Waals surface area contributed by atoms with Gasteiger partial charge in [0, 0.05) is 16.8 Å². The van der Waals surface area contributed by atoms with E-state index in [1.807, 2.05) is 19.1 Å². The Morgan fingerprint density at radius 3 is 2.26 bits per heavy atom. The Hall–Kier alpha value is -2.97. The van der Waals surface area contributed by atoms with Crippen LogP contribution in [-0.2, 0) is 9.59 Å². The standard InChI is InChI=1S/C18H19ClN4O4/c1-12-3-6-14(7-4-12)20-17(24)10-22(2)11-18(25)21-15-8-5-13(19)9-16(15)23(26)27/h3-9H,10-11H2,1-2H3,(H,20,24)(H,21,25)/p+1. The Bertz CT molecular complexity index is 855. The molecule has 0 saturated heterocycles. The number of benzene rings is 2. The molecule has 3 N–H and O–H groups in total. The number of aryl methyl sites for hydroxylation is 1. The Balaban J connectivity index is 1.89. The fraction of sp³-hybridized carbons (Fsp3) is 0.222. The molecule has 0 radical (unpaired) electrons. The van der Waals surface area contributed by atoms with E-state index < -0.39 is 10.8 Å². The highest BCUT2D eigenvalue weighted by Crippen LogP contribution is 2.27. The van der Waals surface area contributed by atoms with E-state index in [1.165, 1.54) is 18.2 Å². The molecule has 0 aliphatic rings. The quantitative estimate of drug-likeness (QED) is 0.493. The van der Waals surface area contributed by atoms with E-state index in [-0.39, 0.29) is 35.4 Å². The minimum Gasteiger partial charge on any atom is -0.322 e. The van der Waals surface area contributed by atoms with Crippen LogP contribution in [0.5, 0.6) is 0 Å². The monoisotopic (exact) mass is 391 g/mol. The van der Waals surface area contributed by atoms with Crippen LogP contribution in [0, 0.1) is 17.0 Å². The number of nitrogens with zero attached hydrogens (tertiary/aromatic N) is 1. The molecule has 0 fully saturated rings. The van der Waals surface area contributed by atoms with Crippen LogP contribution in [0.3, 0.4) is 0 Å². The average Bonchev–Trinajstić information content (AvgIpc) is 2.58. The summed E-state index contributed by atoms with van der Waals surface area (Å²) in [5.74, 6) is -0.678. The van der Waals surface area contributed by atoms with Gasteiger partial charge in [-0.05, 0) is 31.2 Å². The van der Waals surface area contributed by atoms with Gasteiger partial charge in [-0.15, -0.1) is 0 Å². The van der Waals surface area contributed by atoms with Crippen molar-refractivity contribution in [3.05, 3.63) is 63.2 Å². The fourth-order valence-electron chi connectivity index (χ4n) is 2.41. The first-order chi connectivity index (χ1) is 12.7. The number of nitro benzene ring substituents is 1. The summed E-state index contributed by atoms with van der Waals surface area (Å²) in [4.78, 5) is 35.3. The predicted molar refractivity (Wildman–Crippen MR) is 103 cm³/mol. The van der Waals surface area contributed by atoms with Crippen LogP contribution in [-0.4, -0.2) is 36.9 Å². The predicted octanol–water partition coefficient (Wildman–Crippen LogP) is 1.65. The van der Waals surface area contributed by atoms with E-state index in [1.54, 1.807) is 19.2 Å². The number of carbonyl (C=O) groups is 2. The van der Waals surface area contributed by atoms with Gasteiger partial charge in [0.2, 0.25) is 0 Å². The molecular weight excluding hydrogens is 372 g/mol. The average molecular weight is 392 g/mol. The molecule has 2 aromatic carbocycles. The molecule has 0 saturated carbocycles. The largest absolute Gasteiger partial charge is 0.322 e. The van der Waals surface area contributed by atoms with Crippen LogP contribution < -0.4 is 15.5 Å². The van der Waals surface area contributed by atoms with Crippen molar-refractivity contribution in [1.82, 2.24) is 0 Å². The third-order valence-electron chi connectivity index (χ3n) is 3.69. The van der Waals surface area contributed by atoms with E-state index in [4.69, 9.17) is 11.6 Å². The fourth-order valence-corrected chi connectivity index (χ4v) is 2.58. The van der Waals surface area contributed by atoms with Crippen molar-refractivity contribution < 1.29 is 19.4 Å². The Labute approximate surface area is 161 Å². The molecule has 27 heavy (non-hydrogen) atoms. The maximum Gasteiger partial charge on any atom is 0.294 e. The molecule has 0 aliphatic carbocycles. The van der Waals surface area contributed by atoms with Crippen molar-refractivity contribution in [2.75, 3.05) is 30.8 Å². The first-order valence-corrected chi connectivity index (χ1v) is 8.54. The smallest absolute Gasteiger partial charge is 0.294 e. The summed E-state index contributed by atoms with van der Waals surface area (Å²) >= 11 is 5.75. The lowest BCUT2D eigenvalue weighted by Gasteiger charge is -2.14. The molecule has 8 nitrogen and oxygen atoms in total. The number of hydrogen-bond acceptors (Lipinski definition) is 4. The molecule has 9 heteroatoms. The number of quaternary nitrogens is 1. The summed E-state index contributed by atoms with van der Waals surface area (Å²) in [6.45, 7) is 2.00. The second kappa shape index (κ2) is 9.11. The zero-order valence-corrected chi connectivity index (χ0v) is 15.7. The number of likely N-dealkylation sites (N-methyl/N-ethyl adjacent to an activating group) is 1. The number of carbonyl (C=O) groups excluding carboxylic acids is 2. The molecule has 0 heterocycles. The third kappa shape index (κ3) is 6.36. The highest BCUT2D eigenvalue weighted by Gasteiger charge is 2.19. The molecular formula is C18H20ClN4O4+. The second-order valence-electron chi connectivity index (χ2n) is 6.19. The van der Waals surface area contributed by atoms with Gasteiger partial charge >= 0.3 is 0 Å². The summed E-state index contributed by atoms with van der Waals surface area (Å²) in [5, 5.41) is 16.5. The van der Waals surface area contributed by atoms with E-state index in [2.05, 4.69) is 10.6 Å². The van der Waals surface area contributed by atoms with Gasteiger partial charge in [-0.25, -0.2) is 0 Å². The summed E-state index contributed by atoms with van der Waals surface area (Å²) < 4.78 is 0. The molecule has 2 amide bonds. The number of anilines is 2. The van der Waals surface area contributed by atoms with Gasteiger partial charge < -0.3 is 15.5 Å². The van der Waals surface area contributed by atoms with Crippen molar-refractivity contribution >= 4 is 40.5 Å². The summed E-state index contributed by atoms with van der Waals surface area (Å²) in [6.07, 6.45) is 0. The maximum absolute atomic E-state index is 12.1. The van der Waals surface area contributed by atoms with Crippen LogP contribution in [0.2, 0.25) is 5.02 Å². The summed E-state index contributed by atoms with van der Waals surface area (Å²) in [6, 6.07) is 11.4. The highest BCUT2D eigenvalue weighted by atomic mass is 35.5. The van der Waals surface area contributed by atoms with Crippen LogP contribution in [0.25, 0.3) is 0 Å². The zero-order valence-electron chi connectivity index (χ0n) is 14.9. The first kappa shape index (κ1) is 20.3. The third-order valence-corrected chi connectivity index (χ3v) is 3.93. The lowest BCUT2D eigenvalue weighted by atomic mass is 10.2. The summed E-state index contributed by atoms with van der Waals surface area (Å²) in [5.41, 5.74) is 1.54. The molecule has 0 spiro atoms. The topological polar surface area (TPSA) is 106 Å². The van der Waals surface area contributed by atoms with Crippen LogP contribution in [0.1, 0.15) is 5.56 Å². The number of amides is 2.